The fourth-order valence-corrected chi connectivity index (χ4v) is 3.50. The van der Waals surface area contributed by atoms with Crippen molar-refractivity contribution in [3.05, 3.63) is 63.6 Å². The Balaban J connectivity index is 1.98. The average molecular weight is 346 g/mol. The summed E-state index contributed by atoms with van der Waals surface area (Å²) < 4.78 is 7.37. The van der Waals surface area contributed by atoms with Crippen molar-refractivity contribution in [2.75, 3.05) is 6.54 Å². The van der Waals surface area contributed by atoms with Gasteiger partial charge in [-0.3, -0.25) is 0 Å². The monoisotopic (exact) mass is 345 g/mol. The molecule has 1 N–H and O–H groups in total. The van der Waals surface area contributed by atoms with Crippen LogP contribution in [0, 0.1) is 6.92 Å². The summed E-state index contributed by atoms with van der Waals surface area (Å²) in [7, 11) is 0. The van der Waals surface area contributed by atoms with E-state index in [1.807, 2.05) is 6.07 Å². The van der Waals surface area contributed by atoms with Crippen LogP contribution in [-0.2, 0) is 0 Å². The molecule has 110 valence electrons. The molecule has 0 spiro atoms. The van der Waals surface area contributed by atoms with Crippen molar-refractivity contribution in [3.63, 3.8) is 0 Å². The zero-order valence-corrected chi connectivity index (χ0v) is 14.0. The van der Waals surface area contributed by atoms with Gasteiger partial charge in [0.1, 0.15) is 11.9 Å². The predicted molar refractivity (Wildman–Crippen MR) is 89.7 cm³/mol. The number of aryl methyl sites for hydroxylation is 1. The molecule has 0 amide bonds. The van der Waals surface area contributed by atoms with Crippen LogP contribution in [0.4, 0.5) is 0 Å². The van der Waals surface area contributed by atoms with Gasteiger partial charge in [-0.05, 0) is 25.6 Å². The Bertz CT molecular complexity index is 641. The van der Waals surface area contributed by atoms with Crippen molar-refractivity contribution < 1.29 is 4.74 Å². The van der Waals surface area contributed by atoms with Gasteiger partial charge in [0.2, 0.25) is 0 Å². The molecule has 0 radical (unpaired) electrons. The van der Waals surface area contributed by atoms with E-state index in [0.29, 0.717) is 6.04 Å². The highest BCUT2D eigenvalue weighted by atomic mass is 79.9. The first-order valence-corrected chi connectivity index (χ1v) is 8.23. The van der Waals surface area contributed by atoms with Gasteiger partial charge in [-0.2, -0.15) is 0 Å². The highest BCUT2D eigenvalue weighted by molar-refractivity contribution is 9.10. The number of nitrogens with one attached hydrogen (secondary N) is 1. The summed E-state index contributed by atoms with van der Waals surface area (Å²) in [5.74, 6) is 0.999. The van der Waals surface area contributed by atoms with E-state index >= 15 is 0 Å². The highest BCUT2D eigenvalue weighted by Gasteiger charge is 2.29. The van der Waals surface area contributed by atoms with Crippen LogP contribution in [0.1, 0.15) is 42.2 Å². The summed E-state index contributed by atoms with van der Waals surface area (Å²) in [6.45, 7) is 5.24. The van der Waals surface area contributed by atoms with Crippen LogP contribution in [0.15, 0.2) is 46.9 Å². The Morgan fingerprint density at radius 3 is 2.76 bits per heavy atom. The second-order valence-corrected chi connectivity index (χ2v) is 6.37. The van der Waals surface area contributed by atoms with Gasteiger partial charge in [-0.15, -0.1) is 0 Å². The van der Waals surface area contributed by atoms with Crippen LogP contribution in [0.5, 0.6) is 5.75 Å². The number of benzene rings is 2. The van der Waals surface area contributed by atoms with E-state index in [0.717, 1.165) is 23.2 Å². The van der Waals surface area contributed by atoms with Crippen molar-refractivity contribution in [1.82, 2.24) is 5.32 Å². The van der Waals surface area contributed by atoms with Crippen LogP contribution in [0.2, 0.25) is 0 Å². The molecule has 0 saturated heterocycles. The molecule has 0 aromatic heterocycles. The van der Waals surface area contributed by atoms with Crippen LogP contribution >= 0.6 is 15.9 Å². The second-order valence-electron chi connectivity index (χ2n) is 5.52. The molecule has 1 aliphatic rings. The Morgan fingerprint density at radius 2 is 2.00 bits per heavy atom. The van der Waals surface area contributed by atoms with Gasteiger partial charge in [0, 0.05) is 28.1 Å². The number of ether oxygens (including phenoxy) is 1. The first-order valence-electron chi connectivity index (χ1n) is 7.44. The minimum atomic E-state index is 0.0832. The largest absolute Gasteiger partial charge is 0.485 e. The van der Waals surface area contributed by atoms with E-state index in [9.17, 15) is 0 Å². The summed E-state index contributed by atoms with van der Waals surface area (Å²) in [6.07, 6.45) is 1.03. The Kier molecular flexibility index (Phi) is 4.32. The maximum atomic E-state index is 6.26. The molecular weight excluding hydrogens is 326 g/mol. The fraction of sp³-hybridized carbons (Fsp3) is 0.333. The van der Waals surface area contributed by atoms with Gasteiger partial charge >= 0.3 is 0 Å². The number of halogens is 1. The fourth-order valence-electron chi connectivity index (χ4n) is 2.96. The van der Waals surface area contributed by atoms with E-state index < -0.39 is 0 Å². The number of fused-ring (bicyclic) bond motifs is 1. The van der Waals surface area contributed by atoms with Gasteiger partial charge in [0.25, 0.3) is 0 Å². The standard InChI is InChI=1S/C18H20BrNO/c1-3-20-16-11-18(13-6-4-5-7-15(13)19)21-17-9-8-12(2)10-14(16)17/h4-10,16,18,20H,3,11H2,1-2H3. The van der Waals surface area contributed by atoms with Gasteiger partial charge in [0.05, 0.1) is 0 Å². The third kappa shape index (κ3) is 2.99. The maximum Gasteiger partial charge on any atom is 0.127 e. The maximum absolute atomic E-state index is 6.26. The minimum absolute atomic E-state index is 0.0832. The average Bonchev–Trinajstić information content (AvgIpc) is 2.48. The second kappa shape index (κ2) is 6.20. The van der Waals surface area contributed by atoms with E-state index in [-0.39, 0.29) is 6.10 Å². The van der Waals surface area contributed by atoms with Crippen molar-refractivity contribution in [2.45, 2.75) is 32.4 Å². The lowest BCUT2D eigenvalue weighted by Crippen LogP contribution is -2.29. The smallest absolute Gasteiger partial charge is 0.127 e. The first-order chi connectivity index (χ1) is 10.2. The third-order valence-corrected chi connectivity index (χ3v) is 4.68. The van der Waals surface area contributed by atoms with Gasteiger partial charge in [-0.25, -0.2) is 0 Å². The number of hydrogen-bond acceptors (Lipinski definition) is 2. The predicted octanol–water partition coefficient (Wildman–Crippen LogP) is 4.93. The molecule has 21 heavy (non-hydrogen) atoms. The van der Waals surface area contributed by atoms with Crippen molar-refractivity contribution in [1.29, 1.82) is 0 Å². The highest BCUT2D eigenvalue weighted by Crippen LogP contribution is 2.42. The zero-order valence-electron chi connectivity index (χ0n) is 12.4. The normalized spacial score (nSPS) is 20.7. The summed E-state index contributed by atoms with van der Waals surface area (Å²) in [5.41, 5.74) is 3.77. The Hall–Kier alpha value is -1.32. The molecule has 2 unspecified atom stereocenters. The quantitative estimate of drug-likeness (QED) is 0.851. The Labute approximate surface area is 134 Å². The van der Waals surface area contributed by atoms with Gasteiger partial charge < -0.3 is 10.1 Å². The third-order valence-electron chi connectivity index (χ3n) is 3.96. The van der Waals surface area contributed by atoms with Crippen LogP contribution < -0.4 is 10.1 Å². The SMILES string of the molecule is CCNC1CC(c2ccccc2Br)Oc2ccc(C)cc21. The lowest BCUT2D eigenvalue weighted by Gasteiger charge is -2.33. The molecule has 3 rings (SSSR count). The van der Waals surface area contributed by atoms with Crippen molar-refractivity contribution in [3.8, 4) is 5.75 Å². The number of rotatable bonds is 3. The Morgan fingerprint density at radius 1 is 1.19 bits per heavy atom. The summed E-state index contributed by atoms with van der Waals surface area (Å²) >= 11 is 3.64. The van der Waals surface area contributed by atoms with Crippen LogP contribution in [0.3, 0.4) is 0 Å². The summed E-state index contributed by atoms with van der Waals surface area (Å²) in [5, 5.41) is 3.59. The summed E-state index contributed by atoms with van der Waals surface area (Å²) in [4.78, 5) is 0. The molecular formula is C18H20BrNO. The van der Waals surface area contributed by atoms with Crippen LogP contribution in [0.25, 0.3) is 0 Å². The first kappa shape index (κ1) is 14.6. The lowest BCUT2D eigenvalue weighted by atomic mass is 9.92. The molecule has 2 aromatic rings. The minimum Gasteiger partial charge on any atom is -0.485 e. The molecule has 0 fully saturated rings. The molecule has 2 atom stereocenters. The van der Waals surface area contributed by atoms with E-state index in [1.54, 1.807) is 0 Å². The van der Waals surface area contributed by atoms with E-state index in [2.05, 4.69) is 71.5 Å². The van der Waals surface area contributed by atoms with Crippen LogP contribution in [-0.4, -0.2) is 6.54 Å². The molecule has 2 aromatic carbocycles. The molecule has 0 bridgehead atoms. The molecule has 0 saturated carbocycles. The molecule has 1 aliphatic heterocycles. The molecule has 3 heteroatoms. The molecule has 0 aliphatic carbocycles. The molecule has 1 heterocycles. The van der Waals surface area contributed by atoms with Crippen molar-refractivity contribution >= 4 is 15.9 Å². The topological polar surface area (TPSA) is 21.3 Å². The summed E-state index contributed by atoms with van der Waals surface area (Å²) in [6, 6.07) is 15.1. The zero-order chi connectivity index (χ0) is 14.8. The van der Waals surface area contributed by atoms with Gasteiger partial charge in [-0.1, -0.05) is 58.7 Å². The van der Waals surface area contributed by atoms with Crippen molar-refractivity contribution in [2.24, 2.45) is 0 Å². The van der Waals surface area contributed by atoms with Gasteiger partial charge in [0.15, 0.2) is 0 Å². The van der Waals surface area contributed by atoms with E-state index in [1.165, 1.54) is 16.7 Å². The lowest BCUT2D eigenvalue weighted by molar-refractivity contribution is 0.151. The number of hydrogen-bond donors (Lipinski definition) is 1. The van der Waals surface area contributed by atoms with E-state index in [4.69, 9.17) is 4.74 Å². The molecule has 2 nitrogen and oxygen atoms in total.